The van der Waals surface area contributed by atoms with Crippen LogP contribution in [0.5, 0.6) is 17.2 Å². The average Bonchev–Trinajstić information content (AvgIpc) is 2.97. The number of carbonyl (C=O) groups excluding carboxylic acids is 1. The lowest BCUT2D eigenvalue weighted by molar-refractivity contribution is 0.0732. The number of hydrogen-bond acceptors (Lipinski definition) is 6. The lowest BCUT2D eigenvalue weighted by Crippen LogP contribution is -2.36. The van der Waals surface area contributed by atoms with Crippen LogP contribution in [0.15, 0.2) is 96.0 Å². The van der Waals surface area contributed by atoms with Gasteiger partial charge in [-0.25, -0.2) is 4.79 Å². The lowest BCUT2D eigenvalue weighted by Gasteiger charge is -2.25. The van der Waals surface area contributed by atoms with Gasteiger partial charge in [0.05, 0.1) is 6.04 Å². The molecular formula is C34H30N2O4. The maximum absolute atomic E-state index is 13.2. The number of para-hydroxylation sites is 1. The first-order valence-electron chi connectivity index (χ1n) is 13.6. The molecule has 0 aliphatic heterocycles. The van der Waals surface area contributed by atoms with Gasteiger partial charge >= 0.3 is 5.97 Å². The standard InChI is InChI=1S/C34H30N2O4/c35-27-14-6-7-15-28(27)36-20-23-19-22-10-2-4-12-25(22)32(33(23)38)31-24-11-3-1-9-21(24)17-18-30(31)40-34(39)26-13-5-8-16-29(26)37/h1-5,8-13,16-20,27-28,37-38H,6-7,14-15,35H2/t27-,28-/m0/s1. The predicted octanol–water partition coefficient (Wildman–Crippen LogP) is 6.98. The molecule has 1 fully saturated rings. The molecule has 5 aromatic rings. The number of nitrogens with zero attached hydrogens (tertiary/aromatic N) is 1. The van der Waals surface area contributed by atoms with Gasteiger partial charge in [-0.15, -0.1) is 0 Å². The van der Waals surface area contributed by atoms with E-state index in [-0.39, 0.29) is 34.9 Å². The van der Waals surface area contributed by atoms with Gasteiger partial charge in [-0.2, -0.15) is 0 Å². The highest BCUT2D eigenvalue weighted by Gasteiger charge is 2.24. The van der Waals surface area contributed by atoms with Crippen molar-refractivity contribution in [3.63, 3.8) is 0 Å². The van der Waals surface area contributed by atoms with Crippen LogP contribution in [0.3, 0.4) is 0 Å². The molecule has 1 aliphatic carbocycles. The van der Waals surface area contributed by atoms with Crippen LogP contribution < -0.4 is 10.5 Å². The third kappa shape index (κ3) is 4.78. The number of esters is 1. The molecule has 0 saturated heterocycles. The van der Waals surface area contributed by atoms with Gasteiger partial charge in [0.2, 0.25) is 0 Å². The van der Waals surface area contributed by atoms with Crippen molar-refractivity contribution < 1.29 is 19.7 Å². The largest absolute Gasteiger partial charge is 0.507 e. The summed E-state index contributed by atoms with van der Waals surface area (Å²) in [6.45, 7) is 0. The number of rotatable bonds is 5. The highest BCUT2D eigenvalue weighted by Crippen LogP contribution is 2.46. The molecule has 0 unspecified atom stereocenters. The second kappa shape index (κ2) is 10.8. The summed E-state index contributed by atoms with van der Waals surface area (Å²) in [4.78, 5) is 18.0. The van der Waals surface area contributed by atoms with E-state index in [4.69, 9.17) is 15.5 Å². The van der Waals surface area contributed by atoms with Gasteiger partial charge in [-0.3, -0.25) is 4.99 Å². The first kappa shape index (κ1) is 25.6. The van der Waals surface area contributed by atoms with E-state index in [1.807, 2.05) is 60.7 Å². The third-order valence-electron chi connectivity index (χ3n) is 7.71. The Kier molecular flexibility index (Phi) is 6.93. The molecule has 40 heavy (non-hydrogen) atoms. The summed E-state index contributed by atoms with van der Waals surface area (Å²) in [5, 5.41) is 25.5. The molecule has 0 amide bonds. The second-order valence-electron chi connectivity index (χ2n) is 10.3. The number of carbonyl (C=O) groups is 1. The van der Waals surface area contributed by atoms with Crippen LogP contribution >= 0.6 is 0 Å². The van der Waals surface area contributed by atoms with Crippen molar-refractivity contribution in [3.05, 3.63) is 102 Å². The van der Waals surface area contributed by atoms with Crippen LogP contribution in [-0.4, -0.2) is 34.5 Å². The summed E-state index contributed by atoms with van der Waals surface area (Å²) in [5.74, 6) is -0.538. The van der Waals surface area contributed by atoms with Gasteiger partial charge in [0.1, 0.15) is 22.8 Å². The third-order valence-corrected chi connectivity index (χ3v) is 7.71. The monoisotopic (exact) mass is 530 g/mol. The Morgan fingerprint density at radius 2 is 1.50 bits per heavy atom. The first-order chi connectivity index (χ1) is 19.5. The quantitative estimate of drug-likeness (QED) is 0.129. The number of aliphatic imine (C=N–C) groups is 1. The van der Waals surface area contributed by atoms with Crippen molar-refractivity contribution in [1.29, 1.82) is 0 Å². The number of phenols is 2. The SMILES string of the molecule is N[C@H]1CCCC[C@@H]1N=Cc1cc2ccccc2c(-c2c(OC(=O)c3ccccc3O)ccc3ccccc23)c1O. The van der Waals surface area contributed by atoms with Crippen molar-refractivity contribution in [2.24, 2.45) is 10.7 Å². The number of benzene rings is 5. The van der Waals surface area contributed by atoms with E-state index in [9.17, 15) is 15.0 Å². The highest BCUT2D eigenvalue weighted by atomic mass is 16.5. The minimum absolute atomic E-state index is 0.00514. The highest BCUT2D eigenvalue weighted by molar-refractivity contribution is 6.13. The van der Waals surface area contributed by atoms with E-state index >= 15 is 0 Å². The van der Waals surface area contributed by atoms with E-state index in [0.717, 1.165) is 47.2 Å². The van der Waals surface area contributed by atoms with Gasteiger partial charge < -0.3 is 20.7 Å². The van der Waals surface area contributed by atoms with Crippen molar-refractivity contribution >= 4 is 33.7 Å². The molecule has 0 spiro atoms. The van der Waals surface area contributed by atoms with Gasteiger partial charge in [0.25, 0.3) is 0 Å². The van der Waals surface area contributed by atoms with Crippen LogP contribution in [0.4, 0.5) is 0 Å². The summed E-state index contributed by atoms with van der Waals surface area (Å²) in [6.07, 6.45) is 5.79. The maximum atomic E-state index is 13.2. The zero-order valence-corrected chi connectivity index (χ0v) is 22.0. The zero-order valence-electron chi connectivity index (χ0n) is 22.0. The Hall–Kier alpha value is -4.68. The minimum Gasteiger partial charge on any atom is -0.507 e. The predicted molar refractivity (Wildman–Crippen MR) is 159 cm³/mol. The topological polar surface area (TPSA) is 105 Å². The van der Waals surface area contributed by atoms with E-state index < -0.39 is 5.97 Å². The van der Waals surface area contributed by atoms with Crippen molar-refractivity contribution in [2.75, 3.05) is 0 Å². The number of hydrogen-bond donors (Lipinski definition) is 3. The van der Waals surface area contributed by atoms with Crippen LogP contribution in [0.1, 0.15) is 41.6 Å². The maximum Gasteiger partial charge on any atom is 0.347 e. The molecule has 1 aliphatic rings. The molecule has 4 N–H and O–H groups in total. The molecular weight excluding hydrogens is 500 g/mol. The van der Waals surface area contributed by atoms with Crippen molar-refractivity contribution in [2.45, 2.75) is 37.8 Å². The molecule has 6 heteroatoms. The van der Waals surface area contributed by atoms with Gasteiger partial charge in [0, 0.05) is 28.9 Å². The van der Waals surface area contributed by atoms with Crippen LogP contribution in [-0.2, 0) is 0 Å². The fraction of sp³-hybridized carbons (Fsp3) is 0.176. The number of nitrogens with two attached hydrogens (primary N) is 1. The Balaban J connectivity index is 1.56. The van der Waals surface area contributed by atoms with E-state index in [0.29, 0.717) is 16.7 Å². The van der Waals surface area contributed by atoms with Gasteiger partial charge in [0.15, 0.2) is 0 Å². The first-order valence-corrected chi connectivity index (χ1v) is 13.6. The zero-order chi connectivity index (χ0) is 27.6. The van der Waals surface area contributed by atoms with E-state index in [1.165, 1.54) is 12.1 Å². The fourth-order valence-electron chi connectivity index (χ4n) is 5.61. The minimum atomic E-state index is -0.692. The molecule has 0 bridgehead atoms. The van der Waals surface area contributed by atoms with Gasteiger partial charge in [-0.05, 0) is 58.7 Å². The van der Waals surface area contributed by atoms with Crippen molar-refractivity contribution in [3.8, 4) is 28.4 Å². The summed E-state index contributed by atoms with van der Waals surface area (Å²) < 4.78 is 5.93. The smallest absolute Gasteiger partial charge is 0.347 e. The number of ether oxygens (including phenoxy) is 1. The molecule has 2 atom stereocenters. The summed E-state index contributed by atoms with van der Waals surface area (Å²) in [7, 11) is 0. The molecule has 0 aromatic heterocycles. The summed E-state index contributed by atoms with van der Waals surface area (Å²) >= 11 is 0. The normalized spacial score (nSPS) is 17.4. The molecule has 0 radical (unpaired) electrons. The Morgan fingerprint density at radius 3 is 2.27 bits per heavy atom. The van der Waals surface area contributed by atoms with Gasteiger partial charge in [-0.1, -0.05) is 79.6 Å². The molecule has 5 aromatic carbocycles. The van der Waals surface area contributed by atoms with Crippen LogP contribution in [0.25, 0.3) is 32.7 Å². The van der Waals surface area contributed by atoms with E-state index in [2.05, 4.69) is 0 Å². The molecule has 0 heterocycles. The molecule has 6 rings (SSSR count). The molecule has 6 nitrogen and oxygen atoms in total. The Bertz CT molecular complexity index is 1760. The number of fused-ring (bicyclic) bond motifs is 2. The molecule has 1 saturated carbocycles. The van der Waals surface area contributed by atoms with Crippen molar-refractivity contribution in [1.82, 2.24) is 0 Å². The molecule has 200 valence electrons. The van der Waals surface area contributed by atoms with Crippen LogP contribution in [0, 0.1) is 0 Å². The number of phenolic OH excluding ortho intramolecular Hbond substituents is 2. The second-order valence-corrected chi connectivity index (χ2v) is 10.3. The Morgan fingerprint density at radius 1 is 0.825 bits per heavy atom. The lowest BCUT2D eigenvalue weighted by atomic mass is 9.90. The van der Waals surface area contributed by atoms with Crippen LogP contribution in [0.2, 0.25) is 0 Å². The fourth-order valence-corrected chi connectivity index (χ4v) is 5.61. The Labute approximate surface area is 232 Å². The summed E-state index contributed by atoms with van der Waals surface area (Å²) in [5.41, 5.74) is 8.09. The van der Waals surface area contributed by atoms with E-state index in [1.54, 1.807) is 24.4 Å². The average molecular weight is 531 g/mol. The number of aromatic hydroxyl groups is 2. The summed E-state index contributed by atoms with van der Waals surface area (Å²) in [6, 6.07) is 27.4.